The van der Waals surface area contributed by atoms with Crippen molar-refractivity contribution in [2.24, 2.45) is 0 Å². The van der Waals surface area contributed by atoms with Gasteiger partial charge in [-0.25, -0.2) is 4.98 Å². The van der Waals surface area contributed by atoms with Crippen molar-refractivity contribution < 1.29 is 4.74 Å². The predicted molar refractivity (Wildman–Crippen MR) is 77.3 cm³/mol. The van der Waals surface area contributed by atoms with Crippen molar-refractivity contribution in [1.82, 2.24) is 20.2 Å². The fourth-order valence-electron chi connectivity index (χ4n) is 2.01. The topological polar surface area (TPSA) is 89.7 Å². The lowest BCUT2D eigenvalue weighted by Crippen LogP contribution is -2.09. The Hall–Kier alpha value is -2.63. The molecule has 3 rings (SSSR count). The molecule has 3 aromatic rings. The number of H-pyrrole nitrogens is 1. The first-order chi connectivity index (χ1) is 9.63. The van der Waals surface area contributed by atoms with Crippen molar-refractivity contribution in [2.45, 2.75) is 20.0 Å². The summed E-state index contributed by atoms with van der Waals surface area (Å²) in [5.74, 6) is 0.714. The maximum Gasteiger partial charge on any atom is 0.226 e. The molecule has 0 amide bonds. The second kappa shape index (κ2) is 4.80. The number of nitrogens with zero attached hydrogens (tertiary/aromatic N) is 3. The number of ether oxygens (including phenoxy) is 1. The summed E-state index contributed by atoms with van der Waals surface area (Å²) in [5.41, 5.74) is 8.40. The third-order valence-corrected chi connectivity index (χ3v) is 2.84. The number of aromatic amines is 1. The first kappa shape index (κ1) is 12.4. The first-order valence-corrected chi connectivity index (χ1v) is 6.37. The minimum atomic E-state index is 0.0170. The Labute approximate surface area is 116 Å². The van der Waals surface area contributed by atoms with Gasteiger partial charge in [0.2, 0.25) is 11.8 Å². The molecule has 0 atom stereocenters. The van der Waals surface area contributed by atoms with Crippen molar-refractivity contribution in [3.63, 3.8) is 0 Å². The highest BCUT2D eigenvalue weighted by Crippen LogP contribution is 2.28. The summed E-state index contributed by atoms with van der Waals surface area (Å²) in [4.78, 5) is 8.41. The monoisotopic (exact) mass is 269 g/mol. The van der Waals surface area contributed by atoms with Crippen molar-refractivity contribution in [3.8, 4) is 17.1 Å². The van der Waals surface area contributed by atoms with E-state index in [9.17, 15) is 0 Å². The third kappa shape index (κ3) is 2.27. The molecule has 0 saturated heterocycles. The lowest BCUT2D eigenvalue weighted by Gasteiger charge is -2.12. The number of hydrogen-bond acceptors (Lipinski definition) is 5. The molecule has 0 saturated carbocycles. The Morgan fingerprint density at radius 2 is 2.05 bits per heavy atom. The van der Waals surface area contributed by atoms with Gasteiger partial charge in [0.15, 0.2) is 0 Å². The maximum absolute atomic E-state index is 5.72. The SMILES string of the molecule is CC(C)Oc1nc(N)nc2ccc(-c3ccn[nH]3)cc12. The number of aromatic nitrogens is 4. The minimum absolute atomic E-state index is 0.0170. The van der Waals surface area contributed by atoms with Crippen molar-refractivity contribution >= 4 is 16.9 Å². The molecule has 0 fully saturated rings. The zero-order chi connectivity index (χ0) is 14.1. The highest BCUT2D eigenvalue weighted by molar-refractivity contribution is 5.88. The van der Waals surface area contributed by atoms with Gasteiger partial charge in [-0.2, -0.15) is 10.1 Å². The Morgan fingerprint density at radius 3 is 2.75 bits per heavy atom. The number of anilines is 1. The molecule has 0 aliphatic heterocycles. The molecule has 6 nitrogen and oxygen atoms in total. The number of nitrogen functional groups attached to an aromatic ring is 1. The van der Waals surface area contributed by atoms with Gasteiger partial charge in [-0.1, -0.05) is 6.07 Å². The maximum atomic E-state index is 5.72. The molecule has 6 heteroatoms. The second-order valence-electron chi connectivity index (χ2n) is 4.76. The average Bonchev–Trinajstić information content (AvgIpc) is 2.91. The van der Waals surface area contributed by atoms with Gasteiger partial charge in [-0.3, -0.25) is 5.10 Å². The highest BCUT2D eigenvalue weighted by Gasteiger charge is 2.11. The number of nitrogens with one attached hydrogen (secondary N) is 1. The Kier molecular flexibility index (Phi) is 2.98. The van der Waals surface area contributed by atoms with E-state index < -0.39 is 0 Å². The molecule has 0 aliphatic rings. The third-order valence-electron chi connectivity index (χ3n) is 2.84. The molecule has 0 bridgehead atoms. The molecule has 2 heterocycles. The summed E-state index contributed by atoms with van der Waals surface area (Å²) in [6, 6.07) is 7.74. The summed E-state index contributed by atoms with van der Waals surface area (Å²) in [7, 11) is 0. The largest absolute Gasteiger partial charge is 0.474 e. The van der Waals surface area contributed by atoms with Gasteiger partial charge in [-0.15, -0.1) is 0 Å². The smallest absolute Gasteiger partial charge is 0.226 e. The normalized spacial score (nSPS) is 11.2. The Morgan fingerprint density at radius 1 is 1.20 bits per heavy atom. The lowest BCUT2D eigenvalue weighted by molar-refractivity contribution is 0.236. The summed E-state index contributed by atoms with van der Waals surface area (Å²) >= 11 is 0. The summed E-state index contributed by atoms with van der Waals surface area (Å²) in [6.45, 7) is 3.89. The zero-order valence-electron chi connectivity index (χ0n) is 11.3. The van der Waals surface area contributed by atoms with Crippen LogP contribution in [0, 0.1) is 0 Å². The first-order valence-electron chi connectivity index (χ1n) is 6.37. The number of fused-ring (bicyclic) bond motifs is 1. The van der Waals surface area contributed by atoms with E-state index >= 15 is 0 Å². The van der Waals surface area contributed by atoms with Gasteiger partial charge < -0.3 is 10.5 Å². The van der Waals surface area contributed by atoms with Crippen LogP contribution in [0.3, 0.4) is 0 Å². The van der Waals surface area contributed by atoms with Crippen LogP contribution < -0.4 is 10.5 Å². The quantitative estimate of drug-likeness (QED) is 0.762. The van der Waals surface area contributed by atoms with E-state index in [0.29, 0.717) is 5.88 Å². The van der Waals surface area contributed by atoms with E-state index in [1.54, 1.807) is 6.20 Å². The van der Waals surface area contributed by atoms with E-state index in [2.05, 4.69) is 20.2 Å². The van der Waals surface area contributed by atoms with Crippen LogP contribution in [0.25, 0.3) is 22.2 Å². The van der Waals surface area contributed by atoms with Gasteiger partial charge in [0.1, 0.15) is 0 Å². The summed E-state index contributed by atoms with van der Waals surface area (Å²) in [6.07, 6.45) is 1.73. The fraction of sp³-hybridized carbons (Fsp3) is 0.214. The number of benzene rings is 1. The van der Waals surface area contributed by atoms with E-state index in [1.165, 1.54) is 0 Å². The van der Waals surface area contributed by atoms with Crippen molar-refractivity contribution in [1.29, 1.82) is 0 Å². The van der Waals surface area contributed by atoms with E-state index in [1.807, 2.05) is 38.1 Å². The molecule has 0 spiro atoms. The zero-order valence-corrected chi connectivity index (χ0v) is 11.3. The van der Waals surface area contributed by atoms with Crippen LogP contribution in [0.4, 0.5) is 5.95 Å². The van der Waals surface area contributed by atoms with Crippen LogP contribution in [0.5, 0.6) is 5.88 Å². The summed E-state index contributed by atoms with van der Waals surface area (Å²) in [5, 5.41) is 7.72. The number of nitrogens with two attached hydrogens (primary N) is 1. The number of rotatable bonds is 3. The summed E-state index contributed by atoms with van der Waals surface area (Å²) < 4.78 is 5.72. The van der Waals surface area contributed by atoms with E-state index in [-0.39, 0.29) is 12.1 Å². The Balaban J connectivity index is 2.18. The minimum Gasteiger partial charge on any atom is -0.474 e. The average molecular weight is 269 g/mol. The van der Waals surface area contributed by atoms with Crippen LogP contribution in [0.15, 0.2) is 30.5 Å². The van der Waals surface area contributed by atoms with Crippen molar-refractivity contribution in [2.75, 3.05) is 5.73 Å². The van der Waals surface area contributed by atoms with Crippen LogP contribution in [0.2, 0.25) is 0 Å². The van der Waals surface area contributed by atoms with Crippen LogP contribution in [0.1, 0.15) is 13.8 Å². The lowest BCUT2D eigenvalue weighted by atomic mass is 10.1. The van der Waals surface area contributed by atoms with Crippen LogP contribution in [-0.2, 0) is 0 Å². The molecule has 3 N–H and O–H groups in total. The molecule has 102 valence electrons. The molecule has 0 radical (unpaired) electrons. The fourth-order valence-corrected chi connectivity index (χ4v) is 2.01. The van der Waals surface area contributed by atoms with Crippen LogP contribution >= 0.6 is 0 Å². The molecule has 0 aliphatic carbocycles. The molecule has 0 unspecified atom stereocenters. The second-order valence-corrected chi connectivity index (χ2v) is 4.76. The highest BCUT2D eigenvalue weighted by atomic mass is 16.5. The van der Waals surface area contributed by atoms with Gasteiger partial charge in [0.05, 0.1) is 22.7 Å². The molecule has 1 aromatic carbocycles. The molecule has 20 heavy (non-hydrogen) atoms. The van der Waals surface area contributed by atoms with E-state index in [0.717, 1.165) is 22.2 Å². The Bertz CT molecular complexity index is 737. The van der Waals surface area contributed by atoms with Crippen molar-refractivity contribution in [3.05, 3.63) is 30.5 Å². The molecular weight excluding hydrogens is 254 g/mol. The number of hydrogen-bond donors (Lipinski definition) is 2. The molecular formula is C14H15N5O. The molecule has 2 aromatic heterocycles. The van der Waals surface area contributed by atoms with Gasteiger partial charge in [-0.05, 0) is 32.0 Å². The van der Waals surface area contributed by atoms with Crippen LogP contribution in [-0.4, -0.2) is 26.3 Å². The van der Waals surface area contributed by atoms with Gasteiger partial charge >= 0.3 is 0 Å². The van der Waals surface area contributed by atoms with Gasteiger partial charge in [0.25, 0.3) is 0 Å². The predicted octanol–water partition coefficient (Wildman–Crippen LogP) is 2.39. The standard InChI is InChI=1S/C14H15N5O/c1-8(2)20-13-10-7-9(11-5-6-16-19-11)3-4-12(10)17-14(15)18-13/h3-8H,1-2H3,(H,16,19)(H2,15,17,18). The van der Waals surface area contributed by atoms with E-state index in [4.69, 9.17) is 10.5 Å². The van der Waals surface area contributed by atoms with Gasteiger partial charge in [0, 0.05) is 11.8 Å².